The van der Waals surface area contributed by atoms with Crippen molar-refractivity contribution in [1.82, 2.24) is 35.5 Å². The minimum Gasteiger partial charge on any atom is -0.370 e. The van der Waals surface area contributed by atoms with Crippen LogP contribution in [0.15, 0.2) is 48.5 Å². The molecule has 72 heavy (non-hydrogen) atoms. The number of nitrogens with one attached hydrogen (secondary N) is 4. The lowest BCUT2D eigenvalue weighted by Gasteiger charge is -2.38. The number of likely N-dealkylation sites (N-methyl/N-ethyl adjacent to an activating group) is 1. The van der Waals surface area contributed by atoms with E-state index in [4.69, 9.17) is 67.6 Å². The number of aromatic nitrogens is 4. The number of anilines is 8. The maximum absolute atomic E-state index is 15.3. The first kappa shape index (κ1) is 53.3. The van der Waals surface area contributed by atoms with Crippen LogP contribution >= 0.6 is 47.6 Å². The zero-order valence-corrected chi connectivity index (χ0v) is 43.9. The minimum atomic E-state index is -4.78. The van der Waals surface area contributed by atoms with Crippen LogP contribution in [0.2, 0.25) is 10.0 Å². The Morgan fingerprint density at radius 3 is 1.53 bits per heavy atom. The molecular weight excluding hydrogens is 1010 g/mol. The molecule has 0 bridgehead atoms. The topological polar surface area (TPSA) is 122 Å². The first-order chi connectivity index (χ1) is 34.8. The number of nitrogens with zero attached hydrogens (tertiary/aromatic N) is 11. The second-order valence-corrected chi connectivity index (χ2v) is 20.3. The molecule has 0 atom stereocenters. The van der Waals surface area contributed by atoms with Crippen LogP contribution in [-0.2, 0) is 6.18 Å². The molecule has 6 heterocycles. The van der Waals surface area contributed by atoms with E-state index in [1.165, 1.54) is 28.2 Å². The monoisotopic (exact) mass is 1070 g/mol. The van der Waals surface area contributed by atoms with E-state index in [0.717, 1.165) is 170 Å². The number of thiocarbonyl (C=S) groups is 2. The predicted octanol–water partition coefficient (Wildman–Crippen LogP) is 9.44. The third-order valence-corrected chi connectivity index (χ3v) is 14.5. The quantitative estimate of drug-likeness (QED) is 0.0291. The van der Waals surface area contributed by atoms with Gasteiger partial charge in [-0.15, -0.1) is 0 Å². The second-order valence-electron chi connectivity index (χ2n) is 18.7. The largest absolute Gasteiger partial charge is 0.417 e. The molecule has 0 saturated carbocycles. The van der Waals surface area contributed by atoms with Gasteiger partial charge < -0.3 is 45.8 Å². The van der Waals surface area contributed by atoms with E-state index in [9.17, 15) is 13.2 Å². The predicted molar refractivity (Wildman–Crippen MR) is 292 cm³/mol. The lowest BCUT2D eigenvalue weighted by atomic mass is 10.2. The van der Waals surface area contributed by atoms with Gasteiger partial charge in [-0.1, -0.05) is 23.2 Å². The van der Waals surface area contributed by atoms with Crippen molar-refractivity contribution >= 4 is 104 Å². The Balaban J connectivity index is 0.906. The molecule has 4 aliphatic heterocycles. The molecule has 4 aliphatic rings. The minimum absolute atomic E-state index is 0.00641. The third-order valence-electron chi connectivity index (χ3n) is 13.3. The summed E-state index contributed by atoms with van der Waals surface area (Å²) in [5.74, 6) is 4.25. The lowest BCUT2D eigenvalue weighted by Crippen LogP contribution is -2.57. The first-order valence-electron chi connectivity index (χ1n) is 25.2. The van der Waals surface area contributed by atoms with Gasteiger partial charge in [-0.25, -0.2) is 14.4 Å². The molecule has 4 fully saturated rings. The van der Waals surface area contributed by atoms with Crippen LogP contribution in [0.5, 0.6) is 0 Å². The summed E-state index contributed by atoms with van der Waals surface area (Å²) in [7, 11) is 1.98. The number of unbranched alkanes of at least 4 members (excludes halogenated alkanes) is 2. The number of alkyl halides is 3. The average Bonchev–Trinajstić information content (AvgIpc) is 4.23. The fourth-order valence-electron chi connectivity index (χ4n) is 9.31. The van der Waals surface area contributed by atoms with Gasteiger partial charge in [0.2, 0.25) is 11.9 Å². The fourth-order valence-corrected chi connectivity index (χ4v) is 10.2. The Morgan fingerprint density at radius 1 is 0.569 bits per heavy atom. The molecule has 8 rings (SSSR count). The zero-order chi connectivity index (χ0) is 50.6. The maximum atomic E-state index is 15.3. The Bertz CT molecular complexity index is 2380. The average molecular weight is 1080 g/mol. The van der Waals surface area contributed by atoms with E-state index in [0.29, 0.717) is 45.7 Å². The smallest absolute Gasteiger partial charge is 0.370 e. The summed E-state index contributed by atoms with van der Waals surface area (Å²) < 4.78 is 58.5. The van der Waals surface area contributed by atoms with E-state index in [-0.39, 0.29) is 26.6 Å². The van der Waals surface area contributed by atoms with Gasteiger partial charge in [0, 0.05) is 110 Å². The van der Waals surface area contributed by atoms with Crippen LogP contribution in [-0.4, -0.2) is 134 Å². The summed E-state index contributed by atoms with van der Waals surface area (Å²) in [6, 6.07) is 11.6. The number of hydrogen-bond acceptors (Lipinski definition) is 13. The van der Waals surface area contributed by atoms with Crippen molar-refractivity contribution in [3.8, 4) is 0 Å². The van der Waals surface area contributed by atoms with Gasteiger partial charge >= 0.3 is 6.18 Å². The second kappa shape index (κ2) is 25.3. The van der Waals surface area contributed by atoms with E-state index in [1.807, 2.05) is 19.2 Å². The van der Waals surface area contributed by atoms with Gasteiger partial charge in [-0.3, -0.25) is 0 Å². The van der Waals surface area contributed by atoms with Crippen molar-refractivity contribution in [2.24, 2.45) is 0 Å². The highest BCUT2D eigenvalue weighted by atomic mass is 35.5. The van der Waals surface area contributed by atoms with Crippen LogP contribution in [0.3, 0.4) is 0 Å². The zero-order valence-electron chi connectivity index (χ0n) is 40.8. The SMILES string of the molecule is CN(CCNC(=S)N(c1ccc(Cl)c(F)c1)N(C(=S)NCCCCCNc1cc(N2CCCC2)nc(N2CCCC2)n1)c1ccc(Cl)c(C(F)(F)F)c1)CCNc1cc(N2CCCC2)nc(N2CCCC2)n1. The van der Waals surface area contributed by atoms with Gasteiger partial charge in [-0.2, -0.15) is 33.1 Å². The lowest BCUT2D eigenvalue weighted by molar-refractivity contribution is -0.137. The standard InChI is InChI=1S/C49H65Cl2F4N15S2/c1-64(29-19-57-42-34-44(66-23-7-8-24-66)63-46(61-42)68-27-11-12-28-68)30-20-59-48(72)70(36-14-16-39(51)40(52)32-36)69(35-13-15-38(50)37(31-35)49(53,54)55)47(71)58-18-4-2-3-17-56-41-33-43(65-21-5-6-22-65)62-45(60-41)67-25-9-10-26-67/h13-16,31-34H,2-12,17-30H2,1H3,(H,58,71)(H,59,72)(H,56,60,62)(H,57,61,63). The summed E-state index contributed by atoms with van der Waals surface area (Å²) >= 11 is 24.2. The highest BCUT2D eigenvalue weighted by Gasteiger charge is 2.35. The maximum Gasteiger partial charge on any atom is 0.417 e. The molecule has 2 aromatic heterocycles. The number of benzene rings is 2. The molecule has 4 N–H and O–H groups in total. The highest BCUT2D eigenvalue weighted by molar-refractivity contribution is 7.81. The summed E-state index contributed by atoms with van der Waals surface area (Å²) in [5, 5.41) is 15.6. The number of halogens is 6. The molecule has 0 spiro atoms. The fraction of sp³-hybridized carbons (Fsp3) is 0.551. The van der Waals surface area contributed by atoms with Crippen molar-refractivity contribution in [3.05, 3.63) is 70.0 Å². The summed E-state index contributed by atoms with van der Waals surface area (Å²) in [6.45, 7) is 10.9. The van der Waals surface area contributed by atoms with Gasteiger partial charge in [-0.05, 0) is 132 Å². The molecule has 15 nitrogen and oxygen atoms in total. The molecule has 4 aromatic rings. The molecule has 0 unspecified atom stereocenters. The van der Waals surface area contributed by atoms with Gasteiger partial charge in [0.1, 0.15) is 29.1 Å². The molecular formula is C49H65Cl2F4N15S2. The first-order valence-corrected chi connectivity index (χ1v) is 26.8. The van der Waals surface area contributed by atoms with Crippen LogP contribution < -0.4 is 50.9 Å². The molecule has 2 aromatic carbocycles. The van der Waals surface area contributed by atoms with Crippen molar-refractivity contribution in [2.75, 3.05) is 139 Å². The Hall–Kier alpha value is -4.96. The molecule has 0 amide bonds. The van der Waals surface area contributed by atoms with Crippen LogP contribution in [0, 0.1) is 5.82 Å². The summed E-state index contributed by atoms with van der Waals surface area (Å²) in [5.41, 5.74) is -0.903. The van der Waals surface area contributed by atoms with Crippen molar-refractivity contribution in [3.63, 3.8) is 0 Å². The normalized spacial score (nSPS) is 16.0. The van der Waals surface area contributed by atoms with E-state index in [1.54, 1.807) is 0 Å². The Morgan fingerprint density at radius 2 is 1.01 bits per heavy atom. The van der Waals surface area contributed by atoms with Gasteiger partial charge in [0.15, 0.2) is 10.2 Å². The molecule has 23 heteroatoms. The van der Waals surface area contributed by atoms with Crippen molar-refractivity contribution in [1.29, 1.82) is 0 Å². The Labute approximate surface area is 441 Å². The summed E-state index contributed by atoms with van der Waals surface area (Å²) in [4.78, 5) is 30.8. The van der Waals surface area contributed by atoms with Crippen molar-refractivity contribution in [2.45, 2.75) is 76.8 Å². The van der Waals surface area contributed by atoms with E-state index < -0.39 is 22.6 Å². The van der Waals surface area contributed by atoms with Crippen LogP contribution in [0.4, 0.5) is 64.1 Å². The van der Waals surface area contributed by atoms with Crippen LogP contribution in [0.1, 0.15) is 76.2 Å². The summed E-state index contributed by atoms with van der Waals surface area (Å²) in [6.07, 6.45) is 6.65. The number of hydrazine groups is 1. The number of hydrogen-bond donors (Lipinski definition) is 4. The van der Waals surface area contributed by atoms with E-state index >= 15 is 4.39 Å². The van der Waals surface area contributed by atoms with Crippen LogP contribution in [0.25, 0.3) is 0 Å². The molecule has 0 radical (unpaired) electrons. The van der Waals surface area contributed by atoms with Crippen molar-refractivity contribution < 1.29 is 17.6 Å². The Kier molecular flexibility index (Phi) is 18.8. The highest BCUT2D eigenvalue weighted by Crippen LogP contribution is 2.38. The van der Waals surface area contributed by atoms with Gasteiger partial charge in [0.25, 0.3) is 0 Å². The van der Waals surface area contributed by atoms with E-state index in [2.05, 4.69) is 45.8 Å². The number of rotatable bonds is 20. The third kappa shape index (κ3) is 14.2. The molecule has 390 valence electrons. The molecule has 0 aliphatic carbocycles. The van der Waals surface area contributed by atoms with Gasteiger partial charge in [0.05, 0.1) is 27.0 Å². The molecule has 4 saturated heterocycles.